The molecule has 3 nitrogen and oxygen atoms in total. The Morgan fingerprint density at radius 3 is 2.26 bits per heavy atom. The molecule has 2 heterocycles. The van der Waals surface area contributed by atoms with Crippen LogP contribution in [0.1, 0.15) is 41.7 Å². The van der Waals surface area contributed by atoms with Gasteiger partial charge in [0, 0.05) is 18.7 Å². The molecule has 2 aromatic rings. The zero-order valence-corrected chi connectivity index (χ0v) is 13.4. The minimum absolute atomic E-state index is 0.0718. The minimum atomic E-state index is -0.265. The molecule has 1 saturated heterocycles. The molecule has 0 aliphatic carbocycles. The Kier molecular flexibility index (Phi) is 4.70. The van der Waals surface area contributed by atoms with Gasteiger partial charge in [0.2, 0.25) is 0 Å². The van der Waals surface area contributed by atoms with E-state index in [0.29, 0.717) is 5.56 Å². The summed E-state index contributed by atoms with van der Waals surface area (Å²) in [5, 5.41) is 0. The van der Waals surface area contributed by atoms with E-state index in [4.69, 9.17) is 0 Å². The lowest BCUT2D eigenvalue weighted by Gasteiger charge is -2.21. The third-order valence-electron chi connectivity index (χ3n) is 4.35. The summed E-state index contributed by atoms with van der Waals surface area (Å²) in [4.78, 5) is 19.2. The number of hydrogen-bond acceptors (Lipinski definition) is 2. The van der Waals surface area contributed by atoms with Crippen LogP contribution in [0, 0.1) is 12.7 Å². The second-order valence-electron chi connectivity index (χ2n) is 6.04. The fourth-order valence-corrected chi connectivity index (χ4v) is 3.01. The maximum absolute atomic E-state index is 13.0. The zero-order chi connectivity index (χ0) is 16.2. The Hall–Kier alpha value is -2.23. The van der Waals surface area contributed by atoms with E-state index in [1.54, 1.807) is 12.1 Å². The van der Waals surface area contributed by atoms with Gasteiger partial charge in [0.25, 0.3) is 5.91 Å². The second-order valence-corrected chi connectivity index (χ2v) is 6.04. The molecule has 23 heavy (non-hydrogen) atoms. The molecule has 1 aliphatic heterocycles. The monoisotopic (exact) mass is 312 g/mol. The van der Waals surface area contributed by atoms with E-state index in [0.717, 1.165) is 42.9 Å². The molecule has 4 heteroatoms. The van der Waals surface area contributed by atoms with Gasteiger partial charge in [0.1, 0.15) is 5.82 Å². The maximum Gasteiger partial charge on any atom is 0.255 e. The number of carbonyl (C=O) groups is 1. The number of carbonyl (C=O) groups excluding carboxylic acids is 1. The highest BCUT2D eigenvalue weighted by Crippen LogP contribution is 2.21. The molecule has 0 spiro atoms. The molecule has 1 aromatic heterocycles. The Morgan fingerprint density at radius 2 is 1.65 bits per heavy atom. The van der Waals surface area contributed by atoms with E-state index in [9.17, 15) is 9.18 Å². The summed E-state index contributed by atoms with van der Waals surface area (Å²) in [7, 11) is 0. The van der Waals surface area contributed by atoms with E-state index >= 15 is 0 Å². The lowest BCUT2D eigenvalue weighted by Crippen LogP contribution is -2.32. The topological polar surface area (TPSA) is 33.2 Å². The van der Waals surface area contributed by atoms with Gasteiger partial charge in [-0.2, -0.15) is 0 Å². The molecule has 1 amide bonds. The van der Waals surface area contributed by atoms with Crippen molar-refractivity contribution in [3.05, 3.63) is 53.5 Å². The molecule has 0 saturated carbocycles. The van der Waals surface area contributed by atoms with Crippen LogP contribution in [0.2, 0.25) is 0 Å². The number of halogens is 1. The second kappa shape index (κ2) is 6.90. The molecule has 3 rings (SSSR count). The number of rotatable bonds is 2. The molecule has 1 aromatic carbocycles. The fourth-order valence-electron chi connectivity index (χ4n) is 3.01. The van der Waals surface area contributed by atoms with Crippen LogP contribution in [0.25, 0.3) is 11.3 Å². The summed E-state index contributed by atoms with van der Waals surface area (Å²) in [6.07, 6.45) is 4.55. The first-order valence-electron chi connectivity index (χ1n) is 8.18. The maximum atomic E-state index is 13.0. The smallest absolute Gasteiger partial charge is 0.255 e. The molecule has 0 bridgehead atoms. The zero-order valence-electron chi connectivity index (χ0n) is 13.4. The van der Waals surface area contributed by atoms with Crippen LogP contribution in [0.4, 0.5) is 4.39 Å². The van der Waals surface area contributed by atoms with Crippen LogP contribution in [0.5, 0.6) is 0 Å². The van der Waals surface area contributed by atoms with Gasteiger partial charge in [-0.3, -0.25) is 9.78 Å². The van der Waals surface area contributed by atoms with Crippen LogP contribution < -0.4 is 0 Å². The predicted molar refractivity (Wildman–Crippen MR) is 88.7 cm³/mol. The van der Waals surface area contributed by atoms with E-state index in [1.807, 2.05) is 24.0 Å². The third-order valence-corrected chi connectivity index (χ3v) is 4.35. The number of nitrogens with zero attached hydrogens (tertiary/aromatic N) is 2. The summed E-state index contributed by atoms with van der Waals surface area (Å²) < 4.78 is 13.0. The lowest BCUT2D eigenvalue weighted by atomic mass is 10.1. The highest BCUT2D eigenvalue weighted by atomic mass is 19.1. The first-order chi connectivity index (χ1) is 11.1. The van der Waals surface area contributed by atoms with Crippen molar-refractivity contribution in [2.24, 2.45) is 0 Å². The third kappa shape index (κ3) is 3.58. The number of aromatic nitrogens is 1. The quantitative estimate of drug-likeness (QED) is 0.832. The van der Waals surface area contributed by atoms with E-state index < -0.39 is 0 Å². The highest BCUT2D eigenvalue weighted by molar-refractivity contribution is 5.95. The molecule has 0 N–H and O–H groups in total. The van der Waals surface area contributed by atoms with Crippen molar-refractivity contribution in [2.75, 3.05) is 13.1 Å². The average Bonchev–Trinajstić information content (AvgIpc) is 2.84. The molecule has 1 aliphatic rings. The van der Waals surface area contributed by atoms with Gasteiger partial charge in [-0.1, -0.05) is 12.8 Å². The Morgan fingerprint density at radius 1 is 1.00 bits per heavy atom. The van der Waals surface area contributed by atoms with Crippen LogP contribution in [-0.2, 0) is 0 Å². The van der Waals surface area contributed by atoms with Crippen LogP contribution in [-0.4, -0.2) is 28.9 Å². The van der Waals surface area contributed by atoms with Gasteiger partial charge >= 0.3 is 0 Å². The standard InChI is InChI=1S/C19H21FN2O/c1-14-17(19(23)22-12-4-2-3-5-13-22)10-11-18(21-14)15-6-8-16(20)9-7-15/h6-11H,2-5,12-13H2,1H3. The van der Waals surface area contributed by atoms with Crippen molar-refractivity contribution < 1.29 is 9.18 Å². The highest BCUT2D eigenvalue weighted by Gasteiger charge is 2.19. The number of amides is 1. The lowest BCUT2D eigenvalue weighted by molar-refractivity contribution is 0.0760. The van der Waals surface area contributed by atoms with Crippen molar-refractivity contribution >= 4 is 5.91 Å². The normalized spacial score (nSPS) is 15.3. The van der Waals surface area contributed by atoms with Crippen molar-refractivity contribution in [2.45, 2.75) is 32.6 Å². The van der Waals surface area contributed by atoms with Crippen LogP contribution >= 0.6 is 0 Å². The summed E-state index contributed by atoms with van der Waals surface area (Å²) >= 11 is 0. The number of benzene rings is 1. The fraction of sp³-hybridized carbons (Fsp3) is 0.368. The largest absolute Gasteiger partial charge is 0.339 e. The molecule has 1 fully saturated rings. The van der Waals surface area contributed by atoms with E-state index in [1.165, 1.54) is 25.0 Å². The molecule has 0 unspecified atom stereocenters. The number of likely N-dealkylation sites (tertiary alicyclic amines) is 1. The number of pyridine rings is 1. The van der Waals surface area contributed by atoms with Gasteiger partial charge in [0.15, 0.2) is 0 Å². The van der Waals surface area contributed by atoms with Crippen LogP contribution in [0.3, 0.4) is 0 Å². The summed E-state index contributed by atoms with van der Waals surface area (Å²) in [6.45, 7) is 3.52. The molecular formula is C19H21FN2O. The van der Waals surface area contributed by atoms with Gasteiger partial charge in [-0.25, -0.2) is 4.39 Å². The van der Waals surface area contributed by atoms with Gasteiger partial charge < -0.3 is 4.90 Å². The Bertz CT molecular complexity index is 689. The van der Waals surface area contributed by atoms with Gasteiger partial charge in [-0.15, -0.1) is 0 Å². The minimum Gasteiger partial charge on any atom is -0.339 e. The Labute approximate surface area is 136 Å². The first-order valence-corrected chi connectivity index (χ1v) is 8.18. The van der Waals surface area contributed by atoms with E-state index in [-0.39, 0.29) is 11.7 Å². The first kappa shape index (κ1) is 15.7. The number of hydrogen-bond donors (Lipinski definition) is 0. The van der Waals surface area contributed by atoms with Gasteiger partial charge in [0.05, 0.1) is 17.0 Å². The number of aryl methyl sites for hydroxylation is 1. The molecule has 120 valence electrons. The Balaban J connectivity index is 1.84. The summed E-state index contributed by atoms with van der Waals surface area (Å²) in [5.41, 5.74) is 3.00. The SMILES string of the molecule is Cc1nc(-c2ccc(F)cc2)ccc1C(=O)N1CCCCCC1. The summed E-state index contributed by atoms with van der Waals surface area (Å²) in [6, 6.07) is 9.92. The summed E-state index contributed by atoms with van der Waals surface area (Å²) in [5.74, 6) is -0.194. The van der Waals surface area contributed by atoms with E-state index in [2.05, 4.69) is 4.98 Å². The van der Waals surface area contributed by atoms with Crippen molar-refractivity contribution in [1.29, 1.82) is 0 Å². The molecular weight excluding hydrogens is 291 g/mol. The predicted octanol–water partition coefficient (Wildman–Crippen LogP) is 4.21. The van der Waals surface area contributed by atoms with Crippen molar-refractivity contribution in [1.82, 2.24) is 9.88 Å². The van der Waals surface area contributed by atoms with Crippen molar-refractivity contribution in [3.63, 3.8) is 0 Å². The molecule has 0 radical (unpaired) electrons. The van der Waals surface area contributed by atoms with Crippen molar-refractivity contribution in [3.8, 4) is 11.3 Å². The van der Waals surface area contributed by atoms with Gasteiger partial charge in [-0.05, 0) is 56.2 Å². The van der Waals surface area contributed by atoms with Crippen LogP contribution in [0.15, 0.2) is 36.4 Å². The average molecular weight is 312 g/mol. The molecule has 0 atom stereocenters.